The Hall–Kier alpha value is -1.68. The van der Waals surface area contributed by atoms with E-state index in [2.05, 4.69) is 9.97 Å². The van der Waals surface area contributed by atoms with Crippen LogP contribution in [0, 0.1) is 12.7 Å². The van der Waals surface area contributed by atoms with Crippen LogP contribution in [0.5, 0.6) is 5.88 Å². The minimum atomic E-state index is -0.343. The zero-order valence-electron chi connectivity index (χ0n) is 12.4. The third kappa shape index (κ3) is 3.70. The van der Waals surface area contributed by atoms with Crippen molar-refractivity contribution in [1.29, 1.82) is 0 Å². The zero-order chi connectivity index (χ0) is 15.4. The molecule has 0 saturated heterocycles. The average Bonchev–Trinajstić information content (AvgIpc) is 2.44. The molecule has 0 atom stereocenters. The Kier molecular flexibility index (Phi) is 5.12. The standard InChI is InChI=1S/C16H18ClFN2O/c1-4-15-13(16(21-5-2)20-10(3)19-15)8-11-6-7-12(18)9-14(11)17/h6-7,9H,4-5,8H2,1-3H3. The van der Waals surface area contributed by atoms with Gasteiger partial charge in [0.15, 0.2) is 0 Å². The summed E-state index contributed by atoms with van der Waals surface area (Å²) in [4.78, 5) is 8.83. The van der Waals surface area contributed by atoms with Crippen LogP contribution in [0.1, 0.15) is 36.5 Å². The first-order valence-electron chi connectivity index (χ1n) is 6.98. The summed E-state index contributed by atoms with van der Waals surface area (Å²) in [5.74, 6) is 0.927. The van der Waals surface area contributed by atoms with Gasteiger partial charge in [-0.3, -0.25) is 0 Å². The Balaban J connectivity index is 2.46. The molecule has 0 spiro atoms. The summed E-state index contributed by atoms with van der Waals surface area (Å²) in [5, 5.41) is 0.403. The number of ether oxygens (including phenoxy) is 1. The molecule has 0 fully saturated rings. The fourth-order valence-corrected chi connectivity index (χ4v) is 2.44. The van der Waals surface area contributed by atoms with E-state index in [0.29, 0.717) is 29.8 Å². The predicted octanol–water partition coefficient (Wildman–Crippen LogP) is 4.13. The molecule has 21 heavy (non-hydrogen) atoms. The molecule has 3 nitrogen and oxygen atoms in total. The fourth-order valence-electron chi connectivity index (χ4n) is 2.21. The first-order chi connectivity index (χ1) is 10.0. The van der Waals surface area contributed by atoms with Crippen molar-refractivity contribution in [2.24, 2.45) is 0 Å². The molecule has 0 aliphatic carbocycles. The number of rotatable bonds is 5. The second-order valence-corrected chi connectivity index (χ2v) is 5.11. The summed E-state index contributed by atoms with van der Waals surface area (Å²) in [6.45, 7) is 6.32. The maximum Gasteiger partial charge on any atom is 0.220 e. The monoisotopic (exact) mass is 308 g/mol. The lowest BCUT2D eigenvalue weighted by Gasteiger charge is -2.14. The molecule has 0 unspecified atom stereocenters. The molecular formula is C16H18ClFN2O. The summed E-state index contributed by atoms with van der Waals surface area (Å²) >= 11 is 6.11. The summed E-state index contributed by atoms with van der Waals surface area (Å²) in [5.41, 5.74) is 2.69. The number of nitrogens with zero attached hydrogens (tertiary/aromatic N) is 2. The number of hydrogen-bond acceptors (Lipinski definition) is 3. The van der Waals surface area contributed by atoms with E-state index in [-0.39, 0.29) is 5.82 Å². The van der Waals surface area contributed by atoms with Gasteiger partial charge >= 0.3 is 0 Å². The van der Waals surface area contributed by atoms with Crippen molar-refractivity contribution in [2.75, 3.05) is 6.61 Å². The van der Waals surface area contributed by atoms with Gasteiger partial charge in [0.2, 0.25) is 5.88 Å². The predicted molar refractivity (Wildman–Crippen MR) is 81.5 cm³/mol. The van der Waals surface area contributed by atoms with Crippen molar-refractivity contribution >= 4 is 11.6 Å². The topological polar surface area (TPSA) is 35.0 Å². The van der Waals surface area contributed by atoms with Crippen LogP contribution >= 0.6 is 11.6 Å². The maximum atomic E-state index is 13.2. The molecule has 0 bridgehead atoms. The molecule has 112 valence electrons. The van der Waals surface area contributed by atoms with Gasteiger partial charge in [-0.2, -0.15) is 4.98 Å². The third-order valence-electron chi connectivity index (χ3n) is 3.16. The highest BCUT2D eigenvalue weighted by atomic mass is 35.5. The van der Waals surface area contributed by atoms with Gasteiger partial charge in [0.05, 0.1) is 12.3 Å². The summed E-state index contributed by atoms with van der Waals surface area (Å²) in [7, 11) is 0. The molecule has 0 N–H and O–H groups in total. The van der Waals surface area contributed by atoms with Crippen molar-refractivity contribution in [3.63, 3.8) is 0 Å². The second kappa shape index (κ2) is 6.85. The van der Waals surface area contributed by atoms with Gasteiger partial charge in [-0.1, -0.05) is 24.6 Å². The van der Waals surface area contributed by atoms with Crippen LogP contribution in [0.2, 0.25) is 5.02 Å². The van der Waals surface area contributed by atoms with E-state index in [1.807, 2.05) is 20.8 Å². The SMILES string of the molecule is CCOc1nc(C)nc(CC)c1Cc1ccc(F)cc1Cl. The largest absolute Gasteiger partial charge is 0.478 e. The molecule has 2 rings (SSSR count). The molecule has 0 radical (unpaired) electrons. The number of aromatic nitrogens is 2. The van der Waals surface area contributed by atoms with Crippen molar-refractivity contribution in [3.8, 4) is 5.88 Å². The Bertz CT molecular complexity index is 646. The second-order valence-electron chi connectivity index (χ2n) is 4.70. The van der Waals surface area contributed by atoms with E-state index in [4.69, 9.17) is 16.3 Å². The lowest BCUT2D eigenvalue weighted by molar-refractivity contribution is 0.321. The van der Waals surface area contributed by atoms with Crippen molar-refractivity contribution < 1.29 is 9.13 Å². The molecule has 2 aromatic rings. The quantitative estimate of drug-likeness (QED) is 0.833. The van der Waals surface area contributed by atoms with Crippen molar-refractivity contribution in [1.82, 2.24) is 9.97 Å². The van der Waals surface area contributed by atoms with Gasteiger partial charge in [0, 0.05) is 17.0 Å². The van der Waals surface area contributed by atoms with Gasteiger partial charge in [-0.05, 0) is 38.0 Å². The highest BCUT2D eigenvalue weighted by Crippen LogP contribution is 2.27. The number of aryl methyl sites for hydroxylation is 2. The van der Waals surface area contributed by atoms with Crippen molar-refractivity contribution in [2.45, 2.75) is 33.6 Å². The van der Waals surface area contributed by atoms with Crippen molar-refractivity contribution in [3.05, 3.63) is 51.7 Å². The first-order valence-corrected chi connectivity index (χ1v) is 7.36. The smallest absolute Gasteiger partial charge is 0.220 e. The molecule has 1 aromatic carbocycles. The molecule has 0 amide bonds. The van der Waals surface area contributed by atoms with Gasteiger partial charge in [-0.25, -0.2) is 9.37 Å². The Morgan fingerprint density at radius 2 is 2.00 bits per heavy atom. The first kappa shape index (κ1) is 15.7. The van der Waals surface area contributed by atoms with Crippen LogP contribution in [0.25, 0.3) is 0 Å². The molecule has 0 aliphatic rings. The van der Waals surface area contributed by atoms with Gasteiger partial charge in [0.25, 0.3) is 0 Å². The van der Waals surface area contributed by atoms with Gasteiger partial charge in [-0.15, -0.1) is 0 Å². The van der Waals surface area contributed by atoms with E-state index in [0.717, 1.165) is 23.2 Å². The average molecular weight is 309 g/mol. The number of hydrogen-bond donors (Lipinski definition) is 0. The highest BCUT2D eigenvalue weighted by molar-refractivity contribution is 6.31. The summed E-state index contributed by atoms with van der Waals surface area (Å²) < 4.78 is 18.8. The Morgan fingerprint density at radius 3 is 2.62 bits per heavy atom. The Morgan fingerprint density at radius 1 is 1.24 bits per heavy atom. The number of benzene rings is 1. The fraction of sp³-hybridized carbons (Fsp3) is 0.375. The lowest BCUT2D eigenvalue weighted by Crippen LogP contribution is -2.08. The van der Waals surface area contributed by atoms with Crippen LogP contribution in [-0.2, 0) is 12.8 Å². The molecule has 1 aromatic heterocycles. The number of halogens is 2. The maximum absolute atomic E-state index is 13.2. The third-order valence-corrected chi connectivity index (χ3v) is 3.52. The van der Waals surface area contributed by atoms with E-state index < -0.39 is 0 Å². The molecule has 0 aliphatic heterocycles. The van der Waals surface area contributed by atoms with E-state index in [1.54, 1.807) is 6.07 Å². The highest BCUT2D eigenvalue weighted by Gasteiger charge is 2.15. The van der Waals surface area contributed by atoms with Gasteiger partial charge in [0.1, 0.15) is 11.6 Å². The van der Waals surface area contributed by atoms with Crippen LogP contribution in [0.4, 0.5) is 4.39 Å². The zero-order valence-corrected chi connectivity index (χ0v) is 13.2. The van der Waals surface area contributed by atoms with E-state index in [1.165, 1.54) is 12.1 Å². The molecule has 1 heterocycles. The minimum absolute atomic E-state index is 0.343. The van der Waals surface area contributed by atoms with Crippen LogP contribution < -0.4 is 4.74 Å². The Labute approximate surface area is 129 Å². The molecular weight excluding hydrogens is 291 g/mol. The van der Waals surface area contributed by atoms with Crippen LogP contribution in [-0.4, -0.2) is 16.6 Å². The van der Waals surface area contributed by atoms with E-state index in [9.17, 15) is 4.39 Å². The summed E-state index contributed by atoms with van der Waals surface area (Å²) in [6, 6.07) is 4.41. The lowest BCUT2D eigenvalue weighted by atomic mass is 10.0. The van der Waals surface area contributed by atoms with E-state index >= 15 is 0 Å². The van der Waals surface area contributed by atoms with Crippen LogP contribution in [0.3, 0.4) is 0 Å². The normalized spacial score (nSPS) is 10.7. The molecule has 0 saturated carbocycles. The molecule has 5 heteroatoms. The van der Waals surface area contributed by atoms with Gasteiger partial charge < -0.3 is 4.74 Å². The summed E-state index contributed by atoms with van der Waals surface area (Å²) in [6.07, 6.45) is 1.30. The minimum Gasteiger partial charge on any atom is -0.478 e. The van der Waals surface area contributed by atoms with Crippen LogP contribution in [0.15, 0.2) is 18.2 Å².